The van der Waals surface area contributed by atoms with E-state index < -0.39 is 18.0 Å². The summed E-state index contributed by atoms with van der Waals surface area (Å²) in [5, 5.41) is 7.26. The summed E-state index contributed by atoms with van der Waals surface area (Å²) in [5.74, 6) is -0.698. The number of carbonyl (C=O) groups excluding carboxylic acids is 3. The molecular weight excluding hydrogens is 521 g/mol. The number of amides is 2. The first-order valence-electron chi connectivity index (χ1n) is 12.7. The lowest BCUT2D eigenvalue weighted by Crippen LogP contribution is -2.33. The highest BCUT2D eigenvalue weighted by molar-refractivity contribution is 7.17. The SMILES string of the molecule is CCOC(=O)c1c(NC(=O)c2ccc(O[C@H](C)C(=O)N/N=C\c3ccc(F)cc3)cc2)sc2c1CC[C@H](C)C2. The van der Waals surface area contributed by atoms with Crippen LogP contribution in [0, 0.1) is 11.7 Å². The maximum atomic E-state index is 13.0. The van der Waals surface area contributed by atoms with Crippen molar-refractivity contribution in [1.82, 2.24) is 5.43 Å². The van der Waals surface area contributed by atoms with Crippen LogP contribution in [0.3, 0.4) is 0 Å². The first-order valence-corrected chi connectivity index (χ1v) is 13.5. The third kappa shape index (κ3) is 7.08. The van der Waals surface area contributed by atoms with Gasteiger partial charge in [-0.1, -0.05) is 19.1 Å². The van der Waals surface area contributed by atoms with E-state index in [0.29, 0.717) is 33.4 Å². The molecule has 1 heterocycles. The Balaban J connectivity index is 1.37. The van der Waals surface area contributed by atoms with Gasteiger partial charge >= 0.3 is 5.97 Å². The zero-order valence-electron chi connectivity index (χ0n) is 22.0. The van der Waals surface area contributed by atoms with Gasteiger partial charge in [-0.15, -0.1) is 11.3 Å². The molecule has 0 spiro atoms. The number of hydrogen-bond donors (Lipinski definition) is 2. The van der Waals surface area contributed by atoms with Crippen molar-refractivity contribution in [3.8, 4) is 5.75 Å². The fourth-order valence-corrected chi connectivity index (χ4v) is 5.58. The minimum Gasteiger partial charge on any atom is -0.481 e. The maximum absolute atomic E-state index is 13.0. The lowest BCUT2D eigenvalue weighted by Gasteiger charge is -2.18. The Kier molecular flexibility index (Phi) is 9.08. The highest BCUT2D eigenvalue weighted by Crippen LogP contribution is 2.40. The Morgan fingerprint density at radius 2 is 1.87 bits per heavy atom. The van der Waals surface area contributed by atoms with Crippen LogP contribution in [0.15, 0.2) is 53.6 Å². The number of halogens is 1. The van der Waals surface area contributed by atoms with Gasteiger partial charge in [-0.2, -0.15) is 5.10 Å². The van der Waals surface area contributed by atoms with Crippen molar-refractivity contribution in [2.24, 2.45) is 11.0 Å². The standard InChI is InChI=1S/C29H30FN3O5S/c1-4-37-29(36)25-23-14-5-17(2)15-24(23)39-28(25)32-27(35)20-8-12-22(13-9-20)38-18(3)26(34)33-31-16-19-6-10-21(30)11-7-19/h6-13,16-18H,4-5,14-15H2,1-3H3,(H,32,35)(H,33,34)/b31-16-/t17-,18+/m0/s1. The van der Waals surface area contributed by atoms with Gasteiger partial charge in [0.15, 0.2) is 6.10 Å². The highest BCUT2D eigenvalue weighted by atomic mass is 32.1. The highest BCUT2D eigenvalue weighted by Gasteiger charge is 2.29. The molecule has 0 aliphatic heterocycles. The Bertz CT molecular complexity index is 1370. The predicted octanol–water partition coefficient (Wildman–Crippen LogP) is 5.36. The molecule has 204 valence electrons. The van der Waals surface area contributed by atoms with E-state index in [4.69, 9.17) is 9.47 Å². The molecule has 0 unspecified atom stereocenters. The zero-order valence-corrected chi connectivity index (χ0v) is 22.8. The van der Waals surface area contributed by atoms with E-state index in [2.05, 4.69) is 22.8 Å². The number of nitrogens with one attached hydrogen (secondary N) is 2. The summed E-state index contributed by atoms with van der Waals surface area (Å²) < 4.78 is 23.9. The topological polar surface area (TPSA) is 106 Å². The summed E-state index contributed by atoms with van der Waals surface area (Å²) in [6.45, 7) is 5.76. The number of esters is 1. The second-order valence-corrected chi connectivity index (χ2v) is 10.4. The number of carbonyl (C=O) groups is 3. The first-order chi connectivity index (χ1) is 18.7. The number of ether oxygens (including phenoxy) is 2. The summed E-state index contributed by atoms with van der Waals surface area (Å²) in [4.78, 5) is 39.1. The third-order valence-corrected chi connectivity index (χ3v) is 7.45. The van der Waals surface area contributed by atoms with Crippen molar-refractivity contribution in [2.45, 2.75) is 46.1 Å². The van der Waals surface area contributed by atoms with Crippen LogP contribution in [-0.4, -0.2) is 36.7 Å². The molecule has 1 aromatic heterocycles. The molecule has 3 aromatic rings. The molecule has 0 bridgehead atoms. The Morgan fingerprint density at radius 1 is 1.15 bits per heavy atom. The van der Waals surface area contributed by atoms with Crippen LogP contribution < -0.4 is 15.5 Å². The van der Waals surface area contributed by atoms with Crippen molar-refractivity contribution in [2.75, 3.05) is 11.9 Å². The van der Waals surface area contributed by atoms with E-state index in [9.17, 15) is 18.8 Å². The summed E-state index contributed by atoms with van der Waals surface area (Å²) in [6, 6.07) is 12.0. The number of hydrazone groups is 1. The molecule has 8 nitrogen and oxygen atoms in total. The fourth-order valence-electron chi connectivity index (χ4n) is 4.19. The van der Waals surface area contributed by atoms with Gasteiger partial charge in [0.25, 0.3) is 11.8 Å². The predicted molar refractivity (Wildman–Crippen MR) is 148 cm³/mol. The molecule has 4 rings (SSSR count). The van der Waals surface area contributed by atoms with E-state index >= 15 is 0 Å². The van der Waals surface area contributed by atoms with Crippen molar-refractivity contribution >= 4 is 40.3 Å². The second-order valence-electron chi connectivity index (χ2n) is 9.30. The van der Waals surface area contributed by atoms with E-state index in [1.54, 1.807) is 38.1 Å². The van der Waals surface area contributed by atoms with Crippen LogP contribution in [-0.2, 0) is 22.4 Å². The van der Waals surface area contributed by atoms with Crippen molar-refractivity contribution in [3.63, 3.8) is 0 Å². The van der Waals surface area contributed by atoms with E-state index in [1.165, 1.54) is 41.8 Å². The molecule has 0 radical (unpaired) electrons. The average molecular weight is 552 g/mol. The number of hydrogen-bond acceptors (Lipinski definition) is 7. The normalized spacial score (nSPS) is 15.3. The molecule has 2 atom stereocenters. The molecule has 0 fully saturated rings. The van der Waals surface area contributed by atoms with E-state index in [0.717, 1.165) is 29.7 Å². The van der Waals surface area contributed by atoms with Gasteiger partial charge in [-0.25, -0.2) is 14.6 Å². The minimum absolute atomic E-state index is 0.256. The number of rotatable bonds is 9. The molecule has 2 aromatic carbocycles. The number of nitrogens with zero attached hydrogens (tertiary/aromatic N) is 1. The van der Waals surface area contributed by atoms with Crippen molar-refractivity contribution in [3.05, 3.63) is 81.5 Å². The van der Waals surface area contributed by atoms with Crippen LogP contribution in [0.5, 0.6) is 5.75 Å². The summed E-state index contributed by atoms with van der Waals surface area (Å²) >= 11 is 1.43. The van der Waals surface area contributed by atoms with Gasteiger partial charge < -0.3 is 14.8 Å². The van der Waals surface area contributed by atoms with Gasteiger partial charge in [-0.05, 0) is 86.6 Å². The maximum Gasteiger partial charge on any atom is 0.341 e. The van der Waals surface area contributed by atoms with E-state index in [1.807, 2.05) is 0 Å². The van der Waals surface area contributed by atoms with Crippen LogP contribution >= 0.6 is 11.3 Å². The van der Waals surface area contributed by atoms with Crippen LogP contribution in [0.2, 0.25) is 0 Å². The lowest BCUT2D eigenvalue weighted by molar-refractivity contribution is -0.127. The summed E-state index contributed by atoms with van der Waals surface area (Å²) in [5.41, 5.74) is 4.82. The van der Waals surface area contributed by atoms with Crippen molar-refractivity contribution < 1.29 is 28.2 Å². The number of fused-ring (bicyclic) bond motifs is 1. The minimum atomic E-state index is -0.859. The van der Waals surface area contributed by atoms with Gasteiger partial charge in [0.2, 0.25) is 0 Å². The van der Waals surface area contributed by atoms with Crippen LogP contribution in [0.4, 0.5) is 9.39 Å². The quantitative estimate of drug-likeness (QED) is 0.212. The molecule has 1 aliphatic carbocycles. The monoisotopic (exact) mass is 551 g/mol. The van der Waals surface area contributed by atoms with Gasteiger partial charge in [0.05, 0.1) is 18.4 Å². The molecule has 2 N–H and O–H groups in total. The number of benzene rings is 2. The molecule has 1 aliphatic rings. The Labute approximate surface area is 230 Å². The Morgan fingerprint density at radius 3 is 2.56 bits per heavy atom. The molecular formula is C29H30FN3O5S. The molecule has 0 saturated heterocycles. The fraction of sp³-hybridized carbons (Fsp3) is 0.310. The average Bonchev–Trinajstić information content (AvgIpc) is 3.27. The number of thiophene rings is 1. The van der Waals surface area contributed by atoms with Gasteiger partial charge in [0.1, 0.15) is 16.6 Å². The smallest absolute Gasteiger partial charge is 0.341 e. The Hall–Kier alpha value is -4.05. The van der Waals surface area contributed by atoms with E-state index in [-0.39, 0.29) is 18.3 Å². The zero-order chi connectivity index (χ0) is 27.9. The lowest BCUT2D eigenvalue weighted by atomic mass is 9.88. The largest absolute Gasteiger partial charge is 0.481 e. The number of anilines is 1. The summed E-state index contributed by atoms with van der Waals surface area (Å²) in [7, 11) is 0. The van der Waals surface area contributed by atoms with Gasteiger partial charge in [-0.3, -0.25) is 9.59 Å². The molecule has 39 heavy (non-hydrogen) atoms. The molecule has 2 amide bonds. The van der Waals surface area contributed by atoms with Gasteiger partial charge in [0, 0.05) is 10.4 Å². The third-order valence-electron chi connectivity index (χ3n) is 6.28. The van der Waals surface area contributed by atoms with Crippen LogP contribution in [0.1, 0.15) is 63.9 Å². The second kappa shape index (κ2) is 12.7. The molecule has 0 saturated carbocycles. The van der Waals surface area contributed by atoms with Crippen LogP contribution in [0.25, 0.3) is 0 Å². The van der Waals surface area contributed by atoms with Crippen molar-refractivity contribution in [1.29, 1.82) is 0 Å². The molecule has 10 heteroatoms. The summed E-state index contributed by atoms with van der Waals surface area (Å²) in [6.07, 6.45) is 3.18. The first kappa shape index (κ1) is 28.0.